The molecule has 1 amide bonds. The van der Waals surface area contributed by atoms with Gasteiger partial charge in [-0.2, -0.15) is 0 Å². The Morgan fingerprint density at radius 1 is 1.35 bits per heavy atom. The van der Waals surface area contributed by atoms with Gasteiger partial charge in [0, 0.05) is 42.6 Å². The fourth-order valence-electron chi connectivity index (χ4n) is 2.41. The highest BCUT2D eigenvalue weighted by atomic mass is 79.9. The van der Waals surface area contributed by atoms with Crippen LogP contribution in [0.25, 0.3) is 0 Å². The summed E-state index contributed by atoms with van der Waals surface area (Å²) in [6.45, 7) is 4.05. The quantitative estimate of drug-likeness (QED) is 0.396. The van der Waals surface area contributed by atoms with Crippen LogP contribution in [-0.4, -0.2) is 48.9 Å². The van der Waals surface area contributed by atoms with Crippen LogP contribution in [0.3, 0.4) is 0 Å². The van der Waals surface area contributed by atoms with E-state index in [1.165, 1.54) is 0 Å². The van der Waals surface area contributed by atoms with E-state index >= 15 is 0 Å². The van der Waals surface area contributed by atoms with Gasteiger partial charge in [0.15, 0.2) is 5.96 Å². The topological polar surface area (TPSA) is 69.6 Å². The lowest BCUT2D eigenvalue weighted by molar-refractivity contribution is 0.0953. The van der Waals surface area contributed by atoms with Gasteiger partial charge in [-0.1, -0.05) is 22.0 Å². The SMILES string of the molecule is CN=C(NCCCNC(=O)c1cccc(Br)c1)N(C)Cc1csc(C)n1. The summed E-state index contributed by atoms with van der Waals surface area (Å²) in [7, 11) is 3.75. The number of halogens is 1. The summed E-state index contributed by atoms with van der Waals surface area (Å²) in [6.07, 6.45) is 0.808. The minimum atomic E-state index is -0.0632. The molecule has 8 heteroatoms. The molecule has 6 nitrogen and oxygen atoms in total. The van der Waals surface area contributed by atoms with E-state index in [0.29, 0.717) is 18.7 Å². The van der Waals surface area contributed by atoms with Gasteiger partial charge in [-0.15, -0.1) is 11.3 Å². The van der Waals surface area contributed by atoms with E-state index in [4.69, 9.17) is 0 Å². The molecular formula is C18H24BrN5OS. The van der Waals surface area contributed by atoms with Crippen LogP contribution in [0.5, 0.6) is 0 Å². The Hall–Kier alpha value is -1.93. The van der Waals surface area contributed by atoms with E-state index in [1.54, 1.807) is 24.5 Å². The molecule has 1 aromatic heterocycles. The molecule has 2 rings (SSSR count). The zero-order valence-corrected chi connectivity index (χ0v) is 17.7. The van der Waals surface area contributed by atoms with E-state index in [1.807, 2.05) is 37.1 Å². The Morgan fingerprint density at radius 3 is 2.77 bits per heavy atom. The number of aromatic nitrogens is 1. The van der Waals surface area contributed by atoms with E-state index in [-0.39, 0.29) is 5.91 Å². The molecule has 0 atom stereocenters. The van der Waals surface area contributed by atoms with Gasteiger partial charge in [0.05, 0.1) is 17.2 Å². The number of nitrogens with zero attached hydrogens (tertiary/aromatic N) is 3. The van der Waals surface area contributed by atoms with Crippen molar-refractivity contribution in [3.63, 3.8) is 0 Å². The van der Waals surface area contributed by atoms with Crippen LogP contribution < -0.4 is 10.6 Å². The Kier molecular flexibility index (Phi) is 8.06. The molecule has 0 aliphatic rings. The molecule has 0 aliphatic heterocycles. The third-order valence-electron chi connectivity index (χ3n) is 3.65. The number of amides is 1. The number of guanidine groups is 1. The number of thiazole rings is 1. The Labute approximate surface area is 166 Å². The highest BCUT2D eigenvalue weighted by Gasteiger charge is 2.09. The summed E-state index contributed by atoms with van der Waals surface area (Å²) in [5.41, 5.74) is 1.70. The summed E-state index contributed by atoms with van der Waals surface area (Å²) < 4.78 is 0.897. The van der Waals surface area contributed by atoms with Gasteiger partial charge in [-0.3, -0.25) is 9.79 Å². The van der Waals surface area contributed by atoms with Crippen molar-refractivity contribution in [1.82, 2.24) is 20.5 Å². The molecule has 2 aromatic rings. The minimum absolute atomic E-state index is 0.0632. The molecule has 1 aromatic carbocycles. The number of carbonyl (C=O) groups excluding carboxylic acids is 1. The van der Waals surface area contributed by atoms with Crippen LogP contribution in [0.4, 0.5) is 0 Å². The van der Waals surface area contributed by atoms with E-state index in [2.05, 4.69) is 41.9 Å². The van der Waals surface area contributed by atoms with Crippen molar-refractivity contribution < 1.29 is 4.79 Å². The predicted molar refractivity (Wildman–Crippen MR) is 111 cm³/mol. The van der Waals surface area contributed by atoms with Crippen molar-refractivity contribution in [2.45, 2.75) is 19.9 Å². The molecule has 0 bridgehead atoms. The Balaban J connectivity index is 1.69. The first-order chi connectivity index (χ1) is 12.5. The number of nitrogens with one attached hydrogen (secondary N) is 2. The van der Waals surface area contributed by atoms with Crippen molar-refractivity contribution in [2.24, 2.45) is 4.99 Å². The van der Waals surface area contributed by atoms with Crippen molar-refractivity contribution >= 4 is 39.1 Å². The fourth-order valence-corrected chi connectivity index (χ4v) is 3.41. The van der Waals surface area contributed by atoms with Crippen LogP contribution >= 0.6 is 27.3 Å². The summed E-state index contributed by atoms with van der Waals surface area (Å²) >= 11 is 5.02. The van der Waals surface area contributed by atoms with Crippen molar-refractivity contribution in [2.75, 3.05) is 27.2 Å². The molecule has 0 unspecified atom stereocenters. The number of hydrogen-bond donors (Lipinski definition) is 2. The maximum atomic E-state index is 12.1. The number of aryl methyl sites for hydroxylation is 1. The van der Waals surface area contributed by atoms with Crippen LogP contribution in [0.15, 0.2) is 39.1 Å². The molecule has 0 fully saturated rings. The minimum Gasteiger partial charge on any atom is -0.356 e. The molecule has 26 heavy (non-hydrogen) atoms. The largest absolute Gasteiger partial charge is 0.356 e. The average Bonchev–Trinajstić information content (AvgIpc) is 3.02. The molecule has 1 heterocycles. The first-order valence-corrected chi connectivity index (χ1v) is 10.0. The maximum absolute atomic E-state index is 12.1. The molecular weight excluding hydrogens is 414 g/mol. The lowest BCUT2D eigenvalue weighted by Crippen LogP contribution is -2.39. The zero-order valence-electron chi connectivity index (χ0n) is 15.3. The molecule has 0 spiro atoms. The first-order valence-electron chi connectivity index (χ1n) is 8.36. The second-order valence-corrected chi connectivity index (χ2v) is 7.79. The second-order valence-electron chi connectivity index (χ2n) is 5.81. The Bertz CT molecular complexity index is 762. The normalized spacial score (nSPS) is 11.3. The lowest BCUT2D eigenvalue weighted by Gasteiger charge is -2.21. The van der Waals surface area contributed by atoms with Crippen LogP contribution in [0.1, 0.15) is 27.5 Å². The van der Waals surface area contributed by atoms with Crippen LogP contribution in [0.2, 0.25) is 0 Å². The van der Waals surface area contributed by atoms with Gasteiger partial charge in [0.1, 0.15) is 0 Å². The maximum Gasteiger partial charge on any atom is 0.251 e. The molecule has 0 aliphatic carbocycles. The van der Waals surface area contributed by atoms with Crippen LogP contribution in [0, 0.1) is 6.92 Å². The van der Waals surface area contributed by atoms with Gasteiger partial charge in [0.25, 0.3) is 5.91 Å². The molecule has 140 valence electrons. The standard InChI is InChI=1S/C18H24BrN5OS/c1-13-23-16(12-26-13)11-24(3)18(20-2)22-9-5-8-21-17(25)14-6-4-7-15(19)10-14/h4,6-7,10,12H,5,8-9,11H2,1-3H3,(H,20,22)(H,21,25). The van der Waals surface area contributed by atoms with Gasteiger partial charge < -0.3 is 15.5 Å². The number of benzene rings is 1. The molecule has 0 radical (unpaired) electrons. The number of carbonyl (C=O) groups is 1. The summed E-state index contributed by atoms with van der Waals surface area (Å²) in [5.74, 6) is 0.751. The second kappa shape index (κ2) is 10.3. The zero-order chi connectivity index (χ0) is 18.9. The summed E-state index contributed by atoms with van der Waals surface area (Å²) in [4.78, 5) is 22.9. The van der Waals surface area contributed by atoms with Gasteiger partial charge in [0.2, 0.25) is 0 Å². The van der Waals surface area contributed by atoms with Crippen molar-refractivity contribution in [3.05, 3.63) is 50.4 Å². The highest BCUT2D eigenvalue weighted by molar-refractivity contribution is 9.10. The summed E-state index contributed by atoms with van der Waals surface area (Å²) in [6, 6.07) is 7.36. The van der Waals surface area contributed by atoms with Crippen molar-refractivity contribution in [1.29, 1.82) is 0 Å². The predicted octanol–water partition coefficient (Wildman–Crippen LogP) is 3.04. The summed E-state index contributed by atoms with van der Waals surface area (Å²) in [5, 5.41) is 9.37. The average molecular weight is 438 g/mol. The van der Waals surface area contributed by atoms with Crippen molar-refractivity contribution in [3.8, 4) is 0 Å². The van der Waals surface area contributed by atoms with E-state index < -0.39 is 0 Å². The first kappa shape index (κ1) is 20.4. The molecule has 0 saturated heterocycles. The number of rotatable bonds is 7. The molecule has 2 N–H and O–H groups in total. The monoisotopic (exact) mass is 437 g/mol. The third-order valence-corrected chi connectivity index (χ3v) is 4.96. The van der Waals surface area contributed by atoms with Gasteiger partial charge in [-0.25, -0.2) is 4.98 Å². The van der Waals surface area contributed by atoms with Crippen LogP contribution in [-0.2, 0) is 6.54 Å². The third kappa shape index (κ3) is 6.42. The fraction of sp³-hybridized carbons (Fsp3) is 0.389. The van der Waals surface area contributed by atoms with Gasteiger partial charge >= 0.3 is 0 Å². The highest BCUT2D eigenvalue weighted by Crippen LogP contribution is 2.11. The molecule has 0 saturated carbocycles. The Morgan fingerprint density at radius 2 is 2.12 bits per heavy atom. The van der Waals surface area contributed by atoms with E-state index in [9.17, 15) is 4.79 Å². The number of hydrogen-bond acceptors (Lipinski definition) is 4. The smallest absolute Gasteiger partial charge is 0.251 e. The lowest BCUT2D eigenvalue weighted by atomic mass is 10.2. The van der Waals surface area contributed by atoms with Gasteiger partial charge in [-0.05, 0) is 31.5 Å². The number of aliphatic imine (C=N–C) groups is 1. The van der Waals surface area contributed by atoms with E-state index in [0.717, 1.165) is 34.1 Å².